The summed E-state index contributed by atoms with van der Waals surface area (Å²) in [4.78, 5) is 14.4. The van der Waals surface area contributed by atoms with Crippen molar-refractivity contribution in [1.82, 2.24) is 24.8 Å². The minimum Gasteiger partial charge on any atom is -0.376 e. The number of rotatable bonds is 3. The largest absolute Gasteiger partial charge is 0.376 e. The summed E-state index contributed by atoms with van der Waals surface area (Å²) in [6, 6.07) is 5.77. The van der Waals surface area contributed by atoms with Crippen molar-refractivity contribution in [3.05, 3.63) is 30.2 Å². The Morgan fingerprint density at radius 3 is 3.13 bits per heavy atom. The Hall–Kier alpha value is -2.15. The smallest absolute Gasteiger partial charge is 0.318 e. The SMILES string of the molecule is O=C(NC[C@H]1CCCO1)N1CCC[C@@H]1c1nnc2ccccn12. The molecule has 2 aromatic rings. The molecular weight excluding hydrogens is 294 g/mol. The summed E-state index contributed by atoms with van der Waals surface area (Å²) in [5, 5.41) is 11.5. The number of hydrogen-bond donors (Lipinski definition) is 1. The molecule has 2 aliphatic rings. The summed E-state index contributed by atoms with van der Waals surface area (Å²) in [6.07, 6.45) is 6.12. The van der Waals surface area contributed by atoms with E-state index in [0.717, 1.165) is 50.3 Å². The van der Waals surface area contributed by atoms with Crippen LogP contribution in [0.3, 0.4) is 0 Å². The van der Waals surface area contributed by atoms with Gasteiger partial charge in [-0.25, -0.2) is 4.79 Å². The van der Waals surface area contributed by atoms with Crippen LogP contribution in [0.15, 0.2) is 24.4 Å². The number of carbonyl (C=O) groups excluding carboxylic acids is 1. The highest BCUT2D eigenvalue weighted by atomic mass is 16.5. The van der Waals surface area contributed by atoms with Crippen LogP contribution in [-0.4, -0.2) is 51.3 Å². The van der Waals surface area contributed by atoms with Crippen LogP contribution in [0.5, 0.6) is 0 Å². The van der Waals surface area contributed by atoms with Crippen LogP contribution < -0.4 is 5.32 Å². The molecule has 0 unspecified atom stereocenters. The zero-order valence-electron chi connectivity index (χ0n) is 13.0. The molecule has 2 amide bonds. The second kappa shape index (κ2) is 6.16. The Bertz CT molecular complexity index is 695. The number of nitrogens with one attached hydrogen (secondary N) is 1. The molecule has 0 bridgehead atoms. The zero-order chi connectivity index (χ0) is 15.6. The maximum Gasteiger partial charge on any atom is 0.318 e. The average molecular weight is 315 g/mol. The first-order valence-electron chi connectivity index (χ1n) is 8.28. The predicted molar refractivity (Wildman–Crippen MR) is 84.0 cm³/mol. The van der Waals surface area contributed by atoms with Gasteiger partial charge in [0, 0.05) is 25.9 Å². The first kappa shape index (κ1) is 14.4. The van der Waals surface area contributed by atoms with Gasteiger partial charge in [0.2, 0.25) is 0 Å². The molecule has 4 heterocycles. The first-order chi connectivity index (χ1) is 11.3. The molecule has 7 heteroatoms. The predicted octanol–water partition coefficient (Wildman–Crippen LogP) is 1.75. The van der Waals surface area contributed by atoms with E-state index in [9.17, 15) is 4.79 Å². The summed E-state index contributed by atoms with van der Waals surface area (Å²) in [5.41, 5.74) is 0.814. The van der Waals surface area contributed by atoms with Gasteiger partial charge in [0.15, 0.2) is 11.5 Å². The quantitative estimate of drug-likeness (QED) is 0.937. The molecule has 0 spiro atoms. The van der Waals surface area contributed by atoms with E-state index in [2.05, 4.69) is 15.5 Å². The van der Waals surface area contributed by atoms with Crippen LogP contribution >= 0.6 is 0 Å². The van der Waals surface area contributed by atoms with Crippen molar-refractivity contribution >= 4 is 11.7 Å². The molecule has 2 aromatic heterocycles. The minimum atomic E-state index is -0.0318. The van der Waals surface area contributed by atoms with Crippen LogP contribution in [-0.2, 0) is 4.74 Å². The summed E-state index contributed by atoms with van der Waals surface area (Å²) in [5.74, 6) is 0.838. The van der Waals surface area contributed by atoms with E-state index in [-0.39, 0.29) is 18.2 Å². The first-order valence-corrected chi connectivity index (χ1v) is 8.28. The lowest BCUT2D eigenvalue weighted by Crippen LogP contribution is -2.42. The van der Waals surface area contributed by atoms with Crippen molar-refractivity contribution in [2.24, 2.45) is 0 Å². The molecule has 7 nitrogen and oxygen atoms in total. The highest BCUT2D eigenvalue weighted by molar-refractivity contribution is 5.75. The Labute approximate surface area is 134 Å². The van der Waals surface area contributed by atoms with Crippen molar-refractivity contribution in [3.8, 4) is 0 Å². The lowest BCUT2D eigenvalue weighted by Gasteiger charge is -2.24. The molecule has 0 saturated carbocycles. The third-order valence-corrected chi connectivity index (χ3v) is 4.66. The molecule has 0 aliphatic carbocycles. The van der Waals surface area contributed by atoms with Crippen molar-refractivity contribution in [1.29, 1.82) is 0 Å². The number of fused-ring (bicyclic) bond motifs is 1. The summed E-state index contributed by atoms with van der Waals surface area (Å²) in [7, 11) is 0. The summed E-state index contributed by atoms with van der Waals surface area (Å²) < 4.78 is 7.53. The average Bonchev–Trinajstić information content (AvgIpc) is 3.31. The fourth-order valence-corrected chi connectivity index (χ4v) is 3.47. The van der Waals surface area contributed by atoms with Gasteiger partial charge in [-0.1, -0.05) is 6.07 Å². The molecule has 2 aliphatic heterocycles. The van der Waals surface area contributed by atoms with Gasteiger partial charge in [0.1, 0.15) is 0 Å². The number of ether oxygens (including phenoxy) is 1. The topological polar surface area (TPSA) is 71.8 Å². The minimum absolute atomic E-state index is 0.0168. The molecule has 2 fully saturated rings. The van der Waals surface area contributed by atoms with Crippen LogP contribution in [0.1, 0.15) is 37.5 Å². The number of carbonyl (C=O) groups is 1. The van der Waals surface area contributed by atoms with Crippen molar-refractivity contribution < 1.29 is 9.53 Å². The fraction of sp³-hybridized carbons (Fsp3) is 0.562. The Kier molecular flexibility index (Phi) is 3.87. The van der Waals surface area contributed by atoms with Gasteiger partial charge < -0.3 is 15.0 Å². The molecule has 122 valence electrons. The number of aromatic nitrogens is 3. The Balaban J connectivity index is 1.48. The normalized spacial score (nSPS) is 24.4. The maximum atomic E-state index is 12.5. The highest BCUT2D eigenvalue weighted by Gasteiger charge is 2.33. The van der Waals surface area contributed by atoms with Crippen LogP contribution in [0.4, 0.5) is 4.79 Å². The van der Waals surface area contributed by atoms with E-state index < -0.39 is 0 Å². The van der Waals surface area contributed by atoms with Crippen molar-refractivity contribution in [2.75, 3.05) is 19.7 Å². The molecule has 23 heavy (non-hydrogen) atoms. The number of likely N-dealkylation sites (tertiary alicyclic amines) is 1. The van der Waals surface area contributed by atoms with E-state index in [4.69, 9.17) is 4.74 Å². The molecule has 0 aromatic carbocycles. The van der Waals surface area contributed by atoms with Gasteiger partial charge in [0.05, 0.1) is 12.1 Å². The lowest BCUT2D eigenvalue weighted by molar-refractivity contribution is 0.108. The number of amides is 2. The second-order valence-corrected chi connectivity index (χ2v) is 6.16. The zero-order valence-corrected chi connectivity index (χ0v) is 13.0. The molecule has 4 rings (SSSR count). The third kappa shape index (κ3) is 2.76. The number of hydrogen-bond acceptors (Lipinski definition) is 4. The Morgan fingerprint density at radius 1 is 1.30 bits per heavy atom. The van der Waals surface area contributed by atoms with E-state index in [1.165, 1.54) is 0 Å². The van der Waals surface area contributed by atoms with E-state index in [0.29, 0.717) is 6.54 Å². The van der Waals surface area contributed by atoms with Gasteiger partial charge in [-0.3, -0.25) is 4.40 Å². The van der Waals surface area contributed by atoms with Crippen LogP contribution in [0, 0.1) is 0 Å². The number of nitrogens with zero attached hydrogens (tertiary/aromatic N) is 4. The Morgan fingerprint density at radius 2 is 2.26 bits per heavy atom. The summed E-state index contributed by atoms with van der Waals surface area (Å²) >= 11 is 0. The van der Waals surface area contributed by atoms with Gasteiger partial charge in [-0.2, -0.15) is 0 Å². The summed E-state index contributed by atoms with van der Waals surface area (Å²) in [6.45, 7) is 2.14. The standard InChI is InChI=1S/C16H21N5O2/c22-16(17-11-12-5-4-10-23-12)20-9-3-6-13(20)15-19-18-14-7-1-2-8-21(14)15/h1-2,7-8,12-13H,3-6,9-11H2,(H,17,22)/t12-,13-/m1/s1. The second-order valence-electron chi connectivity index (χ2n) is 6.16. The molecular formula is C16H21N5O2. The van der Waals surface area contributed by atoms with E-state index >= 15 is 0 Å². The van der Waals surface area contributed by atoms with Crippen molar-refractivity contribution in [3.63, 3.8) is 0 Å². The molecule has 2 saturated heterocycles. The van der Waals surface area contributed by atoms with Gasteiger partial charge in [-0.05, 0) is 37.8 Å². The number of pyridine rings is 1. The van der Waals surface area contributed by atoms with Crippen LogP contribution in [0.25, 0.3) is 5.65 Å². The van der Waals surface area contributed by atoms with Crippen LogP contribution in [0.2, 0.25) is 0 Å². The lowest BCUT2D eigenvalue weighted by atomic mass is 10.2. The molecule has 1 N–H and O–H groups in total. The highest BCUT2D eigenvalue weighted by Crippen LogP contribution is 2.30. The van der Waals surface area contributed by atoms with E-state index in [1.54, 1.807) is 0 Å². The molecule has 0 radical (unpaired) electrons. The third-order valence-electron chi connectivity index (χ3n) is 4.66. The maximum absolute atomic E-state index is 12.5. The monoisotopic (exact) mass is 315 g/mol. The molecule has 2 atom stereocenters. The van der Waals surface area contributed by atoms with Gasteiger partial charge in [0.25, 0.3) is 0 Å². The number of urea groups is 1. The van der Waals surface area contributed by atoms with E-state index in [1.807, 2.05) is 33.7 Å². The van der Waals surface area contributed by atoms with Crippen molar-refractivity contribution in [2.45, 2.75) is 37.8 Å². The fourth-order valence-electron chi connectivity index (χ4n) is 3.47. The van der Waals surface area contributed by atoms with Gasteiger partial charge in [-0.15, -0.1) is 10.2 Å². The van der Waals surface area contributed by atoms with Gasteiger partial charge >= 0.3 is 6.03 Å².